The van der Waals surface area contributed by atoms with Gasteiger partial charge in [0.1, 0.15) is 5.82 Å². The maximum absolute atomic E-state index is 13.7. The summed E-state index contributed by atoms with van der Waals surface area (Å²) in [6, 6.07) is 6.60. The van der Waals surface area contributed by atoms with Gasteiger partial charge in [-0.3, -0.25) is 9.89 Å². The van der Waals surface area contributed by atoms with E-state index in [9.17, 15) is 9.18 Å². The zero-order chi connectivity index (χ0) is 17.9. The van der Waals surface area contributed by atoms with Gasteiger partial charge < -0.3 is 4.90 Å². The molecule has 0 unspecified atom stereocenters. The second-order valence-electron chi connectivity index (χ2n) is 7.66. The molecule has 1 N–H and O–H groups in total. The summed E-state index contributed by atoms with van der Waals surface area (Å²) in [5.41, 5.74) is 2.65. The minimum absolute atomic E-state index is 0.0124. The first kappa shape index (κ1) is 17.3. The predicted molar refractivity (Wildman–Crippen MR) is 98.9 cm³/mol. The topological polar surface area (TPSA) is 49.0 Å². The second kappa shape index (κ2) is 7.60. The zero-order valence-corrected chi connectivity index (χ0v) is 15.1. The number of piperidine rings is 1. The Morgan fingerprint density at radius 1 is 1.19 bits per heavy atom. The first-order chi connectivity index (χ1) is 12.7. The van der Waals surface area contributed by atoms with E-state index < -0.39 is 0 Å². The van der Waals surface area contributed by atoms with Crippen LogP contribution < -0.4 is 0 Å². The molecule has 0 bridgehead atoms. The molecular weight excluding hydrogens is 329 g/mol. The summed E-state index contributed by atoms with van der Waals surface area (Å²) in [6.07, 6.45) is 10.4. The average Bonchev–Trinajstić information content (AvgIpc) is 3.33. The van der Waals surface area contributed by atoms with Gasteiger partial charge in [0.2, 0.25) is 5.91 Å². The number of aromatic amines is 1. The largest absolute Gasteiger partial charge is 0.334 e. The van der Waals surface area contributed by atoms with E-state index in [4.69, 9.17) is 0 Å². The number of halogens is 1. The van der Waals surface area contributed by atoms with Crippen molar-refractivity contribution in [3.8, 4) is 11.1 Å². The van der Waals surface area contributed by atoms with Crippen LogP contribution >= 0.6 is 0 Å². The molecule has 138 valence electrons. The third kappa shape index (κ3) is 3.53. The summed E-state index contributed by atoms with van der Waals surface area (Å²) in [6.45, 7) is 0.803. The smallest absolute Gasteiger partial charge is 0.223 e. The van der Waals surface area contributed by atoms with Gasteiger partial charge in [0.25, 0.3) is 0 Å². The number of hydrogen-bond donors (Lipinski definition) is 1. The number of carbonyl (C=O) groups is 1. The second-order valence-corrected chi connectivity index (χ2v) is 7.66. The van der Waals surface area contributed by atoms with E-state index in [0.717, 1.165) is 42.6 Å². The Balaban J connectivity index is 1.59. The third-order valence-electron chi connectivity index (χ3n) is 5.90. The molecule has 26 heavy (non-hydrogen) atoms. The fourth-order valence-corrected chi connectivity index (χ4v) is 4.55. The Morgan fingerprint density at radius 3 is 2.81 bits per heavy atom. The minimum Gasteiger partial charge on any atom is -0.334 e. The maximum atomic E-state index is 13.7. The van der Waals surface area contributed by atoms with Gasteiger partial charge >= 0.3 is 0 Å². The average molecular weight is 355 g/mol. The van der Waals surface area contributed by atoms with E-state index >= 15 is 0 Å². The van der Waals surface area contributed by atoms with Crippen LogP contribution in [0.1, 0.15) is 63.1 Å². The lowest BCUT2D eigenvalue weighted by Crippen LogP contribution is -2.39. The maximum Gasteiger partial charge on any atom is 0.223 e. The summed E-state index contributed by atoms with van der Waals surface area (Å²) in [7, 11) is 0. The number of likely N-dealkylation sites (tertiary alicyclic amines) is 1. The molecule has 4 nitrogen and oxygen atoms in total. The molecule has 1 saturated carbocycles. The van der Waals surface area contributed by atoms with Crippen LogP contribution in [0, 0.1) is 11.7 Å². The molecule has 4 rings (SSSR count). The quantitative estimate of drug-likeness (QED) is 0.852. The fraction of sp³-hybridized carbons (Fsp3) is 0.524. The molecule has 2 aliphatic rings. The molecule has 0 radical (unpaired) electrons. The Labute approximate surface area is 153 Å². The van der Waals surface area contributed by atoms with E-state index in [1.807, 2.05) is 11.0 Å². The van der Waals surface area contributed by atoms with Gasteiger partial charge in [-0.05, 0) is 55.7 Å². The molecule has 1 aliphatic carbocycles. The van der Waals surface area contributed by atoms with Crippen molar-refractivity contribution >= 4 is 5.91 Å². The molecule has 1 amide bonds. The first-order valence-corrected chi connectivity index (χ1v) is 9.81. The number of carbonyl (C=O) groups excluding carboxylic acids is 1. The van der Waals surface area contributed by atoms with Gasteiger partial charge in [0.05, 0.1) is 17.9 Å². The van der Waals surface area contributed by atoms with Crippen molar-refractivity contribution in [2.24, 2.45) is 5.92 Å². The van der Waals surface area contributed by atoms with Gasteiger partial charge in [0, 0.05) is 18.5 Å². The van der Waals surface area contributed by atoms with Crippen molar-refractivity contribution in [2.75, 3.05) is 6.54 Å². The Morgan fingerprint density at radius 2 is 2.00 bits per heavy atom. The Bertz CT molecular complexity index is 766. The monoisotopic (exact) mass is 355 g/mol. The number of rotatable bonds is 4. The van der Waals surface area contributed by atoms with E-state index in [-0.39, 0.29) is 17.8 Å². The summed E-state index contributed by atoms with van der Waals surface area (Å²) in [4.78, 5) is 15.0. The summed E-state index contributed by atoms with van der Waals surface area (Å²) < 4.78 is 13.7. The van der Waals surface area contributed by atoms with E-state index in [2.05, 4.69) is 10.2 Å². The molecule has 2 fully saturated rings. The van der Waals surface area contributed by atoms with Crippen molar-refractivity contribution < 1.29 is 9.18 Å². The van der Waals surface area contributed by atoms with E-state index in [0.29, 0.717) is 12.3 Å². The standard InChI is InChI=1S/C21H26FN3O/c22-17-9-5-8-16(13-17)18-14-23-24-21(18)19-10-3-4-11-25(19)20(26)12-15-6-1-2-7-15/h5,8-9,13-15,19H,1-4,6-7,10-12H2,(H,23,24)/t19-/m0/s1. The number of amides is 1. The molecule has 1 aliphatic heterocycles. The molecule has 2 aromatic rings. The number of H-pyrrole nitrogens is 1. The van der Waals surface area contributed by atoms with Crippen molar-refractivity contribution in [3.05, 3.63) is 42.0 Å². The van der Waals surface area contributed by atoms with Crippen LogP contribution in [0.2, 0.25) is 0 Å². The van der Waals surface area contributed by atoms with Gasteiger partial charge in [0.15, 0.2) is 0 Å². The van der Waals surface area contributed by atoms with E-state index in [1.165, 1.54) is 37.8 Å². The van der Waals surface area contributed by atoms with Crippen LogP contribution in [0.5, 0.6) is 0 Å². The van der Waals surface area contributed by atoms with Crippen molar-refractivity contribution in [2.45, 2.75) is 57.4 Å². The predicted octanol–water partition coefficient (Wildman–Crippen LogP) is 4.85. The fourth-order valence-electron chi connectivity index (χ4n) is 4.55. The molecule has 2 heterocycles. The summed E-state index contributed by atoms with van der Waals surface area (Å²) >= 11 is 0. The Hall–Kier alpha value is -2.17. The molecular formula is C21H26FN3O. The molecule has 1 atom stereocenters. The van der Waals surface area contributed by atoms with Crippen LogP contribution in [-0.4, -0.2) is 27.5 Å². The SMILES string of the molecule is O=C(CC1CCCC1)N1CCCC[C@H]1c1[nH]ncc1-c1cccc(F)c1. The highest BCUT2D eigenvalue weighted by molar-refractivity contribution is 5.78. The molecule has 0 spiro atoms. The number of nitrogens with zero attached hydrogens (tertiary/aromatic N) is 2. The van der Waals surface area contributed by atoms with Crippen LogP contribution in [0.15, 0.2) is 30.5 Å². The lowest BCUT2D eigenvalue weighted by molar-refractivity contribution is -0.136. The van der Waals surface area contributed by atoms with Gasteiger partial charge in [-0.1, -0.05) is 25.0 Å². The van der Waals surface area contributed by atoms with E-state index in [1.54, 1.807) is 12.3 Å². The van der Waals surface area contributed by atoms with Crippen LogP contribution in [0.25, 0.3) is 11.1 Å². The van der Waals surface area contributed by atoms with Crippen LogP contribution in [0.3, 0.4) is 0 Å². The lowest BCUT2D eigenvalue weighted by Gasteiger charge is -2.36. The highest BCUT2D eigenvalue weighted by Crippen LogP contribution is 2.37. The number of aromatic nitrogens is 2. The normalized spacial score (nSPS) is 21.3. The van der Waals surface area contributed by atoms with Crippen molar-refractivity contribution in [1.82, 2.24) is 15.1 Å². The van der Waals surface area contributed by atoms with Gasteiger partial charge in [-0.15, -0.1) is 0 Å². The Kier molecular flexibility index (Phi) is 5.05. The molecule has 1 aromatic carbocycles. The van der Waals surface area contributed by atoms with Gasteiger partial charge in [-0.25, -0.2) is 4.39 Å². The third-order valence-corrected chi connectivity index (χ3v) is 5.90. The van der Waals surface area contributed by atoms with Crippen molar-refractivity contribution in [3.63, 3.8) is 0 Å². The zero-order valence-electron chi connectivity index (χ0n) is 15.1. The lowest BCUT2D eigenvalue weighted by atomic mass is 9.93. The number of nitrogens with one attached hydrogen (secondary N) is 1. The van der Waals surface area contributed by atoms with Gasteiger partial charge in [-0.2, -0.15) is 5.10 Å². The molecule has 5 heteroatoms. The summed E-state index contributed by atoms with van der Waals surface area (Å²) in [5.74, 6) is 0.559. The highest BCUT2D eigenvalue weighted by atomic mass is 19.1. The number of benzene rings is 1. The first-order valence-electron chi connectivity index (χ1n) is 9.81. The summed E-state index contributed by atoms with van der Waals surface area (Å²) in [5, 5.41) is 7.32. The number of hydrogen-bond acceptors (Lipinski definition) is 2. The minimum atomic E-state index is -0.257. The van der Waals surface area contributed by atoms with Crippen molar-refractivity contribution in [1.29, 1.82) is 0 Å². The van der Waals surface area contributed by atoms with Crippen LogP contribution in [-0.2, 0) is 4.79 Å². The van der Waals surface area contributed by atoms with Crippen LogP contribution in [0.4, 0.5) is 4.39 Å². The highest BCUT2D eigenvalue weighted by Gasteiger charge is 2.32. The molecule has 1 aromatic heterocycles. The molecule has 1 saturated heterocycles.